The monoisotopic (exact) mass is 444 g/mol. The Balaban J connectivity index is 1.72. The first kappa shape index (κ1) is 23.9. The van der Waals surface area contributed by atoms with Crippen LogP contribution in [0, 0.1) is 5.41 Å². The third kappa shape index (κ3) is 5.93. The van der Waals surface area contributed by atoms with Crippen molar-refractivity contribution in [2.45, 2.75) is 84.5 Å². The number of aryl methyl sites for hydroxylation is 2. The fourth-order valence-corrected chi connectivity index (χ4v) is 4.45. The van der Waals surface area contributed by atoms with Gasteiger partial charge in [0.1, 0.15) is 11.5 Å². The molecule has 0 atom stereocenters. The van der Waals surface area contributed by atoms with Crippen LogP contribution in [-0.2, 0) is 22.4 Å². The normalized spacial score (nSPS) is 21.0. The number of fused-ring (bicyclic) bond motifs is 1. The van der Waals surface area contributed by atoms with Crippen LogP contribution in [0.5, 0.6) is 0 Å². The highest BCUT2D eigenvalue weighted by Gasteiger charge is 2.36. The molecule has 8 nitrogen and oxygen atoms in total. The number of carbonyl (C=O) groups excluding carboxylic acids is 2. The van der Waals surface area contributed by atoms with E-state index in [9.17, 15) is 19.5 Å². The molecule has 0 spiro atoms. The predicted octanol–water partition coefficient (Wildman–Crippen LogP) is 4.41. The van der Waals surface area contributed by atoms with Gasteiger partial charge in [-0.05, 0) is 31.1 Å². The van der Waals surface area contributed by atoms with E-state index in [-0.39, 0.29) is 35.6 Å². The number of aliphatic hydroxyl groups is 1. The molecule has 1 fully saturated rings. The summed E-state index contributed by atoms with van der Waals surface area (Å²) >= 11 is 0. The van der Waals surface area contributed by atoms with E-state index in [4.69, 9.17) is 9.63 Å². The zero-order valence-electron chi connectivity index (χ0n) is 18.9. The lowest BCUT2D eigenvalue weighted by atomic mass is 9.73. The highest BCUT2D eigenvalue weighted by atomic mass is 16.5. The van der Waals surface area contributed by atoms with Gasteiger partial charge in [0.15, 0.2) is 11.6 Å². The summed E-state index contributed by atoms with van der Waals surface area (Å²) < 4.78 is 5.31. The molecular weight excluding hydrogens is 412 g/mol. The number of hydrogen-bond donors (Lipinski definition) is 2. The number of Topliss-reactive ketones (excluding diaryl/α,β-unsaturated/α-hetero) is 2. The lowest BCUT2D eigenvalue weighted by Gasteiger charge is -2.31. The SMILES string of the molecule is CC1(C)CC(=O)/C(=C(/O)CCc2noc3c2C(=O)CCC3)C(=NCCCCCC(=O)O)C1. The van der Waals surface area contributed by atoms with E-state index in [0.29, 0.717) is 73.4 Å². The van der Waals surface area contributed by atoms with E-state index in [1.807, 2.05) is 13.8 Å². The van der Waals surface area contributed by atoms with E-state index in [0.717, 1.165) is 19.3 Å². The van der Waals surface area contributed by atoms with Crippen molar-refractivity contribution in [2.24, 2.45) is 10.4 Å². The maximum atomic E-state index is 12.9. The van der Waals surface area contributed by atoms with E-state index < -0.39 is 5.97 Å². The summed E-state index contributed by atoms with van der Waals surface area (Å²) in [6.45, 7) is 4.50. The minimum atomic E-state index is -0.804. The molecule has 2 N–H and O–H groups in total. The van der Waals surface area contributed by atoms with Crippen molar-refractivity contribution >= 4 is 23.2 Å². The van der Waals surface area contributed by atoms with Gasteiger partial charge >= 0.3 is 5.97 Å². The van der Waals surface area contributed by atoms with Crippen molar-refractivity contribution in [3.63, 3.8) is 0 Å². The Morgan fingerprint density at radius 2 is 1.84 bits per heavy atom. The van der Waals surface area contributed by atoms with Crippen molar-refractivity contribution in [1.82, 2.24) is 5.16 Å². The van der Waals surface area contributed by atoms with E-state index >= 15 is 0 Å². The molecule has 2 aliphatic rings. The smallest absolute Gasteiger partial charge is 0.303 e. The van der Waals surface area contributed by atoms with Crippen LogP contribution in [0.15, 0.2) is 20.8 Å². The van der Waals surface area contributed by atoms with Crippen LogP contribution < -0.4 is 0 Å². The lowest BCUT2D eigenvalue weighted by Crippen LogP contribution is -2.33. The minimum absolute atomic E-state index is 0.0184. The van der Waals surface area contributed by atoms with Gasteiger partial charge in [0.05, 0.1) is 16.8 Å². The number of unbranched alkanes of at least 4 members (excludes halogenated alkanes) is 2. The number of allylic oxidation sites excluding steroid dienone is 2. The zero-order valence-corrected chi connectivity index (χ0v) is 18.9. The number of aromatic nitrogens is 1. The number of nitrogens with zero attached hydrogens (tertiary/aromatic N) is 2. The third-order valence-electron chi connectivity index (χ3n) is 6.01. The number of rotatable bonds is 9. The molecule has 2 aliphatic carbocycles. The van der Waals surface area contributed by atoms with Crippen molar-refractivity contribution in [2.75, 3.05) is 6.54 Å². The van der Waals surface area contributed by atoms with Gasteiger partial charge in [-0.1, -0.05) is 25.4 Å². The van der Waals surface area contributed by atoms with Gasteiger partial charge in [0.25, 0.3) is 0 Å². The fourth-order valence-electron chi connectivity index (χ4n) is 4.45. The number of aliphatic imine (C=N–C) groups is 1. The lowest BCUT2D eigenvalue weighted by molar-refractivity contribution is -0.137. The van der Waals surface area contributed by atoms with Crippen LogP contribution in [0.3, 0.4) is 0 Å². The molecule has 0 bridgehead atoms. The topological polar surface area (TPSA) is 130 Å². The van der Waals surface area contributed by atoms with Gasteiger partial charge in [0.2, 0.25) is 0 Å². The first-order valence-corrected chi connectivity index (χ1v) is 11.4. The number of carboxylic acid groups (broad SMARTS) is 1. The molecule has 3 rings (SSSR count). The summed E-state index contributed by atoms with van der Waals surface area (Å²) in [4.78, 5) is 40.3. The zero-order chi connectivity index (χ0) is 23.3. The standard InChI is InChI=1S/C24H32N2O6/c1-24(2)13-16(25-12-5-3-4-9-21(30)31)22(19(29)14-24)18(28)11-10-15-23-17(27)7-6-8-20(23)32-26-15/h28H,3-14H2,1-2H3,(H,30,31)/b22-18+,25-16?. The molecule has 0 saturated heterocycles. The predicted molar refractivity (Wildman–Crippen MR) is 118 cm³/mol. The number of hydrogen-bond acceptors (Lipinski definition) is 7. The first-order chi connectivity index (χ1) is 15.2. The second-order valence-electron chi connectivity index (χ2n) is 9.50. The second kappa shape index (κ2) is 10.2. The Hall–Kier alpha value is -2.77. The van der Waals surface area contributed by atoms with Gasteiger partial charge < -0.3 is 14.7 Å². The number of carboxylic acids is 1. The highest BCUT2D eigenvalue weighted by Crippen LogP contribution is 2.36. The van der Waals surface area contributed by atoms with Crippen LogP contribution in [-0.4, -0.2) is 45.2 Å². The van der Waals surface area contributed by atoms with E-state index in [2.05, 4.69) is 10.1 Å². The molecule has 0 unspecified atom stereocenters. The third-order valence-corrected chi connectivity index (χ3v) is 6.01. The molecule has 8 heteroatoms. The molecule has 1 heterocycles. The molecule has 1 aromatic rings. The van der Waals surface area contributed by atoms with Crippen LogP contribution in [0.2, 0.25) is 0 Å². The van der Waals surface area contributed by atoms with Gasteiger partial charge in [-0.2, -0.15) is 0 Å². The Kier molecular flexibility index (Phi) is 7.64. The van der Waals surface area contributed by atoms with E-state index in [1.54, 1.807) is 0 Å². The quantitative estimate of drug-likeness (QED) is 0.328. The van der Waals surface area contributed by atoms with Crippen LogP contribution in [0.4, 0.5) is 0 Å². The number of aliphatic hydroxyl groups excluding tert-OH is 1. The minimum Gasteiger partial charge on any atom is -0.511 e. The second-order valence-corrected chi connectivity index (χ2v) is 9.50. The fraction of sp³-hybridized carbons (Fsp3) is 0.625. The molecule has 1 saturated carbocycles. The summed E-state index contributed by atoms with van der Waals surface area (Å²) in [7, 11) is 0. The Morgan fingerprint density at radius 1 is 1.06 bits per heavy atom. The van der Waals surface area contributed by atoms with Gasteiger partial charge in [-0.25, -0.2) is 0 Å². The summed E-state index contributed by atoms with van der Waals surface area (Å²) in [5.74, 6) is -0.308. The number of carbonyl (C=O) groups is 3. The summed E-state index contributed by atoms with van der Waals surface area (Å²) in [6.07, 6.45) is 5.57. The highest BCUT2D eigenvalue weighted by molar-refractivity contribution is 6.24. The van der Waals surface area contributed by atoms with Crippen LogP contribution in [0.25, 0.3) is 0 Å². The average Bonchev–Trinajstić information content (AvgIpc) is 3.12. The van der Waals surface area contributed by atoms with E-state index in [1.165, 1.54) is 0 Å². The first-order valence-electron chi connectivity index (χ1n) is 11.4. The van der Waals surface area contributed by atoms with Gasteiger partial charge in [0, 0.05) is 50.8 Å². The molecule has 0 radical (unpaired) electrons. The maximum absolute atomic E-state index is 12.9. The van der Waals surface area contributed by atoms with Crippen molar-refractivity contribution in [1.29, 1.82) is 0 Å². The maximum Gasteiger partial charge on any atom is 0.303 e. The summed E-state index contributed by atoms with van der Waals surface area (Å²) in [5.41, 5.74) is 1.75. The van der Waals surface area contributed by atoms with Crippen LogP contribution in [0.1, 0.15) is 93.4 Å². The molecule has 0 aromatic carbocycles. The van der Waals surface area contributed by atoms with Gasteiger partial charge in [-0.15, -0.1) is 0 Å². The molecule has 0 amide bonds. The summed E-state index contributed by atoms with van der Waals surface area (Å²) in [5, 5.41) is 23.6. The van der Waals surface area contributed by atoms with Crippen LogP contribution >= 0.6 is 0 Å². The number of aliphatic carboxylic acids is 1. The largest absolute Gasteiger partial charge is 0.511 e. The Morgan fingerprint density at radius 3 is 2.59 bits per heavy atom. The molecule has 174 valence electrons. The molecular formula is C24H32N2O6. The average molecular weight is 445 g/mol. The Bertz CT molecular complexity index is 954. The number of ketones is 2. The summed E-state index contributed by atoms with van der Waals surface area (Å²) in [6, 6.07) is 0. The van der Waals surface area contributed by atoms with Crippen molar-refractivity contribution < 1.29 is 29.1 Å². The molecule has 1 aromatic heterocycles. The van der Waals surface area contributed by atoms with Crippen molar-refractivity contribution in [3.05, 3.63) is 28.3 Å². The van der Waals surface area contributed by atoms with Gasteiger partial charge in [-0.3, -0.25) is 19.4 Å². The molecule has 32 heavy (non-hydrogen) atoms. The molecule has 0 aliphatic heterocycles. The van der Waals surface area contributed by atoms with Crippen molar-refractivity contribution in [3.8, 4) is 0 Å². The Labute approximate surface area is 187 Å².